The molecule has 1 rings (SSSR count). The van der Waals surface area contributed by atoms with E-state index in [-0.39, 0.29) is 11.7 Å². The maximum absolute atomic E-state index is 6.35. The molecule has 2 nitrogen and oxygen atoms in total. The zero-order valence-corrected chi connectivity index (χ0v) is 13.0. The van der Waals surface area contributed by atoms with Crippen molar-refractivity contribution in [2.24, 2.45) is 5.73 Å². The van der Waals surface area contributed by atoms with Gasteiger partial charge in [0.15, 0.2) is 0 Å². The second kappa shape index (κ2) is 7.66. The fraction of sp³-hybridized carbons (Fsp3) is 0.647. The molecule has 0 saturated heterocycles. The Kier molecular flexibility index (Phi) is 6.53. The molecule has 1 aromatic rings. The van der Waals surface area contributed by atoms with Crippen molar-refractivity contribution in [1.82, 2.24) is 4.90 Å². The third-order valence-corrected chi connectivity index (χ3v) is 4.02. The lowest BCUT2D eigenvalue weighted by atomic mass is 9.91. The van der Waals surface area contributed by atoms with E-state index in [2.05, 4.69) is 62.9 Å². The first kappa shape index (κ1) is 16.2. The summed E-state index contributed by atoms with van der Waals surface area (Å²) in [6, 6.07) is 10.7. The molecular formula is C17H30N2. The maximum Gasteiger partial charge on any atom is 0.0576 e. The Balaban J connectivity index is 2.88. The van der Waals surface area contributed by atoms with Crippen LogP contribution in [0.1, 0.15) is 58.9 Å². The Labute approximate surface area is 119 Å². The molecule has 108 valence electrons. The standard InChI is InChI=1S/C17H30N2/c1-5-7-11-14-19(16(18)6-2)17(3,4)15-12-9-8-10-13-15/h8-10,12-13,16H,5-7,11,14,18H2,1-4H3. The topological polar surface area (TPSA) is 29.3 Å². The fourth-order valence-electron chi connectivity index (χ4n) is 2.62. The van der Waals surface area contributed by atoms with Gasteiger partial charge in [-0.3, -0.25) is 4.90 Å². The summed E-state index contributed by atoms with van der Waals surface area (Å²) >= 11 is 0. The molecule has 0 aliphatic rings. The monoisotopic (exact) mass is 262 g/mol. The van der Waals surface area contributed by atoms with Gasteiger partial charge in [0, 0.05) is 12.1 Å². The van der Waals surface area contributed by atoms with Gasteiger partial charge in [-0.2, -0.15) is 0 Å². The molecule has 1 aromatic carbocycles. The van der Waals surface area contributed by atoms with Gasteiger partial charge >= 0.3 is 0 Å². The highest BCUT2D eigenvalue weighted by Gasteiger charge is 2.31. The van der Waals surface area contributed by atoms with E-state index in [0.29, 0.717) is 0 Å². The van der Waals surface area contributed by atoms with Crippen LogP contribution in [0.2, 0.25) is 0 Å². The van der Waals surface area contributed by atoms with Crippen LogP contribution in [0, 0.1) is 0 Å². The number of nitrogens with two attached hydrogens (primary N) is 1. The van der Waals surface area contributed by atoms with E-state index < -0.39 is 0 Å². The number of benzene rings is 1. The summed E-state index contributed by atoms with van der Waals surface area (Å²) in [5, 5.41) is 0. The van der Waals surface area contributed by atoms with Gasteiger partial charge in [0.25, 0.3) is 0 Å². The summed E-state index contributed by atoms with van der Waals surface area (Å²) in [5.41, 5.74) is 7.68. The second-order valence-corrected chi connectivity index (χ2v) is 5.80. The summed E-state index contributed by atoms with van der Waals surface area (Å²) in [7, 11) is 0. The Morgan fingerprint density at radius 3 is 2.26 bits per heavy atom. The first-order valence-electron chi connectivity index (χ1n) is 7.61. The van der Waals surface area contributed by atoms with Crippen LogP contribution in [-0.2, 0) is 5.54 Å². The van der Waals surface area contributed by atoms with Crippen LogP contribution in [0.25, 0.3) is 0 Å². The van der Waals surface area contributed by atoms with Gasteiger partial charge < -0.3 is 5.73 Å². The number of rotatable bonds is 8. The van der Waals surface area contributed by atoms with Crippen molar-refractivity contribution in [3.05, 3.63) is 35.9 Å². The lowest BCUT2D eigenvalue weighted by molar-refractivity contribution is 0.0642. The average Bonchev–Trinajstić information content (AvgIpc) is 2.43. The summed E-state index contributed by atoms with van der Waals surface area (Å²) < 4.78 is 0. The summed E-state index contributed by atoms with van der Waals surface area (Å²) in [6.07, 6.45) is 4.87. The summed E-state index contributed by atoms with van der Waals surface area (Å²) in [4.78, 5) is 2.46. The minimum absolute atomic E-state index is 0.00950. The molecule has 0 aromatic heterocycles. The second-order valence-electron chi connectivity index (χ2n) is 5.80. The average molecular weight is 262 g/mol. The minimum atomic E-state index is -0.00950. The molecule has 0 bridgehead atoms. The highest BCUT2D eigenvalue weighted by molar-refractivity contribution is 5.23. The fourth-order valence-corrected chi connectivity index (χ4v) is 2.62. The lowest BCUT2D eigenvalue weighted by Crippen LogP contribution is -2.52. The number of hydrogen-bond acceptors (Lipinski definition) is 2. The summed E-state index contributed by atoms with van der Waals surface area (Å²) in [5.74, 6) is 0. The normalized spacial score (nSPS) is 13.8. The van der Waals surface area contributed by atoms with Crippen molar-refractivity contribution in [3.63, 3.8) is 0 Å². The van der Waals surface area contributed by atoms with E-state index in [0.717, 1.165) is 13.0 Å². The van der Waals surface area contributed by atoms with Crippen molar-refractivity contribution in [3.8, 4) is 0 Å². The van der Waals surface area contributed by atoms with E-state index >= 15 is 0 Å². The third-order valence-electron chi connectivity index (χ3n) is 4.02. The van der Waals surface area contributed by atoms with Gasteiger partial charge in [-0.05, 0) is 32.3 Å². The molecule has 1 unspecified atom stereocenters. The molecule has 0 aliphatic heterocycles. The molecule has 2 heteroatoms. The van der Waals surface area contributed by atoms with E-state index in [4.69, 9.17) is 5.73 Å². The highest BCUT2D eigenvalue weighted by atomic mass is 15.3. The van der Waals surface area contributed by atoms with Gasteiger partial charge in [-0.15, -0.1) is 0 Å². The molecule has 0 saturated carbocycles. The number of hydrogen-bond donors (Lipinski definition) is 1. The van der Waals surface area contributed by atoms with Gasteiger partial charge in [-0.1, -0.05) is 57.0 Å². The predicted octanol–water partition coefficient (Wildman–Crippen LogP) is 4.11. The van der Waals surface area contributed by atoms with Gasteiger partial charge in [-0.25, -0.2) is 0 Å². The molecule has 0 spiro atoms. The molecule has 0 aliphatic carbocycles. The van der Waals surface area contributed by atoms with Crippen molar-refractivity contribution >= 4 is 0 Å². The van der Waals surface area contributed by atoms with Crippen molar-refractivity contribution < 1.29 is 0 Å². The van der Waals surface area contributed by atoms with Crippen LogP contribution in [-0.4, -0.2) is 17.6 Å². The molecule has 0 radical (unpaired) electrons. The predicted molar refractivity (Wildman–Crippen MR) is 84.0 cm³/mol. The van der Waals surface area contributed by atoms with Crippen LogP contribution in [0.5, 0.6) is 0 Å². The first-order valence-corrected chi connectivity index (χ1v) is 7.61. The van der Waals surface area contributed by atoms with E-state index in [9.17, 15) is 0 Å². The molecular weight excluding hydrogens is 232 g/mol. The van der Waals surface area contributed by atoms with Crippen LogP contribution in [0.15, 0.2) is 30.3 Å². The van der Waals surface area contributed by atoms with Gasteiger partial charge in [0.05, 0.1) is 6.17 Å². The molecule has 1 atom stereocenters. The summed E-state index contributed by atoms with van der Waals surface area (Å²) in [6.45, 7) is 10.0. The third kappa shape index (κ3) is 4.32. The molecule has 2 N–H and O–H groups in total. The molecule has 0 heterocycles. The highest BCUT2D eigenvalue weighted by Crippen LogP contribution is 2.29. The van der Waals surface area contributed by atoms with Crippen molar-refractivity contribution in [2.45, 2.75) is 65.1 Å². The Morgan fingerprint density at radius 2 is 1.74 bits per heavy atom. The van der Waals surface area contributed by atoms with Gasteiger partial charge in [0.1, 0.15) is 0 Å². The Hall–Kier alpha value is -0.860. The van der Waals surface area contributed by atoms with Crippen LogP contribution < -0.4 is 5.73 Å². The van der Waals surface area contributed by atoms with E-state index in [1.807, 2.05) is 0 Å². The van der Waals surface area contributed by atoms with Gasteiger partial charge in [0.2, 0.25) is 0 Å². The zero-order chi connectivity index (χ0) is 14.3. The SMILES string of the molecule is CCCCCN(C(N)CC)C(C)(C)c1ccccc1. The quantitative estimate of drug-likeness (QED) is 0.564. The number of nitrogens with zero attached hydrogens (tertiary/aromatic N) is 1. The zero-order valence-electron chi connectivity index (χ0n) is 13.0. The largest absolute Gasteiger partial charge is 0.316 e. The maximum atomic E-state index is 6.35. The Bertz CT molecular complexity index is 346. The van der Waals surface area contributed by atoms with Crippen LogP contribution >= 0.6 is 0 Å². The smallest absolute Gasteiger partial charge is 0.0576 e. The van der Waals surface area contributed by atoms with Crippen LogP contribution in [0.3, 0.4) is 0 Å². The van der Waals surface area contributed by atoms with E-state index in [1.165, 1.54) is 24.8 Å². The van der Waals surface area contributed by atoms with Crippen LogP contribution in [0.4, 0.5) is 0 Å². The Morgan fingerprint density at radius 1 is 1.11 bits per heavy atom. The first-order chi connectivity index (χ1) is 9.04. The molecule has 0 amide bonds. The van der Waals surface area contributed by atoms with Crippen molar-refractivity contribution in [1.29, 1.82) is 0 Å². The van der Waals surface area contributed by atoms with Crippen molar-refractivity contribution in [2.75, 3.05) is 6.54 Å². The number of unbranched alkanes of at least 4 members (excludes halogenated alkanes) is 2. The minimum Gasteiger partial charge on any atom is -0.316 e. The molecule has 0 fully saturated rings. The lowest BCUT2D eigenvalue weighted by Gasteiger charge is -2.42. The molecule has 19 heavy (non-hydrogen) atoms. The van der Waals surface area contributed by atoms with E-state index in [1.54, 1.807) is 0 Å².